The van der Waals surface area contributed by atoms with Gasteiger partial charge in [0.25, 0.3) is 0 Å². The van der Waals surface area contributed by atoms with Gasteiger partial charge in [-0.2, -0.15) is 0 Å². The SMILES string of the molecule is Cc1cc(C)cc(C(O)C(C)CO)c1. The maximum Gasteiger partial charge on any atom is 0.0837 e. The summed E-state index contributed by atoms with van der Waals surface area (Å²) in [6.07, 6.45) is -0.571. The second-order valence-electron chi connectivity index (χ2n) is 4.03. The molecular weight excluding hydrogens is 176 g/mol. The van der Waals surface area contributed by atoms with Crippen molar-refractivity contribution in [3.63, 3.8) is 0 Å². The van der Waals surface area contributed by atoms with Crippen molar-refractivity contribution in [2.24, 2.45) is 5.92 Å². The third kappa shape index (κ3) is 2.56. The van der Waals surface area contributed by atoms with E-state index in [1.807, 2.05) is 32.9 Å². The highest BCUT2D eigenvalue weighted by molar-refractivity contribution is 5.30. The van der Waals surface area contributed by atoms with Crippen molar-refractivity contribution in [3.8, 4) is 0 Å². The minimum Gasteiger partial charge on any atom is -0.396 e. The van der Waals surface area contributed by atoms with Crippen molar-refractivity contribution in [1.29, 1.82) is 0 Å². The van der Waals surface area contributed by atoms with E-state index in [0.717, 1.165) is 16.7 Å². The quantitative estimate of drug-likeness (QED) is 0.772. The van der Waals surface area contributed by atoms with Crippen molar-refractivity contribution in [1.82, 2.24) is 0 Å². The van der Waals surface area contributed by atoms with Gasteiger partial charge in [0.05, 0.1) is 6.10 Å². The number of hydrogen-bond acceptors (Lipinski definition) is 2. The summed E-state index contributed by atoms with van der Waals surface area (Å²) in [6, 6.07) is 5.99. The van der Waals surface area contributed by atoms with Crippen LogP contribution in [0.3, 0.4) is 0 Å². The van der Waals surface area contributed by atoms with Gasteiger partial charge < -0.3 is 10.2 Å². The van der Waals surface area contributed by atoms with Gasteiger partial charge in [0.2, 0.25) is 0 Å². The van der Waals surface area contributed by atoms with Crippen molar-refractivity contribution in [2.75, 3.05) is 6.61 Å². The Labute approximate surface area is 85.2 Å². The molecule has 78 valence electrons. The van der Waals surface area contributed by atoms with Gasteiger partial charge >= 0.3 is 0 Å². The molecule has 0 aliphatic carbocycles. The summed E-state index contributed by atoms with van der Waals surface area (Å²) < 4.78 is 0. The standard InChI is InChI=1S/C12H18O2/c1-8-4-9(2)6-11(5-8)12(14)10(3)7-13/h4-6,10,12-14H,7H2,1-3H3. The number of aliphatic hydroxyl groups is 2. The average molecular weight is 194 g/mol. The molecule has 0 bridgehead atoms. The molecule has 2 N–H and O–H groups in total. The summed E-state index contributed by atoms with van der Waals surface area (Å²) in [6.45, 7) is 5.86. The highest BCUT2D eigenvalue weighted by Gasteiger charge is 2.15. The summed E-state index contributed by atoms with van der Waals surface area (Å²) in [4.78, 5) is 0. The van der Waals surface area contributed by atoms with E-state index in [-0.39, 0.29) is 12.5 Å². The van der Waals surface area contributed by atoms with Crippen molar-refractivity contribution in [3.05, 3.63) is 34.9 Å². The zero-order valence-electron chi connectivity index (χ0n) is 8.99. The first kappa shape index (κ1) is 11.2. The molecule has 14 heavy (non-hydrogen) atoms. The molecule has 0 saturated heterocycles. The molecule has 0 spiro atoms. The van der Waals surface area contributed by atoms with Crippen LogP contribution < -0.4 is 0 Å². The topological polar surface area (TPSA) is 40.5 Å². The number of aliphatic hydroxyl groups excluding tert-OH is 2. The molecule has 0 aliphatic rings. The second-order valence-corrected chi connectivity index (χ2v) is 4.03. The van der Waals surface area contributed by atoms with Crippen molar-refractivity contribution < 1.29 is 10.2 Å². The highest BCUT2D eigenvalue weighted by atomic mass is 16.3. The van der Waals surface area contributed by atoms with Crippen LogP contribution >= 0.6 is 0 Å². The zero-order chi connectivity index (χ0) is 10.7. The third-order valence-electron chi connectivity index (χ3n) is 2.41. The Morgan fingerprint density at radius 2 is 1.64 bits per heavy atom. The van der Waals surface area contributed by atoms with Crippen LogP contribution in [-0.4, -0.2) is 16.8 Å². The van der Waals surface area contributed by atoms with E-state index >= 15 is 0 Å². The molecule has 0 heterocycles. The van der Waals surface area contributed by atoms with Gasteiger partial charge in [0.1, 0.15) is 0 Å². The van der Waals surface area contributed by atoms with Crippen molar-refractivity contribution >= 4 is 0 Å². The number of rotatable bonds is 3. The molecule has 0 aromatic heterocycles. The lowest BCUT2D eigenvalue weighted by atomic mass is 9.95. The molecule has 0 radical (unpaired) electrons. The molecule has 1 rings (SSSR count). The smallest absolute Gasteiger partial charge is 0.0837 e. The van der Waals surface area contributed by atoms with Crippen LogP contribution in [0.15, 0.2) is 18.2 Å². The van der Waals surface area contributed by atoms with E-state index in [2.05, 4.69) is 6.07 Å². The molecule has 1 aromatic rings. The van der Waals surface area contributed by atoms with Crippen LogP contribution in [0.2, 0.25) is 0 Å². The minimum absolute atomic E-state index is 0.00809. The van der Waals surface area contributed by atoms with Crippen LogP contribution in [-0.2, 0) is 0 Å². The van der Waals surface area contributed by atoms with E-state index in [0.29, 0.717) is 0 Å². The van der Waals surface area contributed by atoms with Gasteiger partial charge in [-0.1, -0.05) is 36.2 Å². The third-order valence-corrected chi connectivity index (χ3v) is 2.41. The molecule has 0 fully saturated rings. The molecule has 0 saturated carbocycles. The van der Waals surface area contributed by atoms with E-state index in [1.165, 1.54) is 0 Å². The molecule has 2 heteroatoms. The summed E-state index contributed by atoms with van der Waals surface area (Å²) in [5.74, 6) is -0.115. The Morgan fingerprint density at radius 3 is 2.07 bits per heavy atom. The maximum atomic E-state index is 9.88. The monoisotopic (exact) mass is 194 g/mol. The fourth-order valence-electron chi connectivity index (χ4n) is 1.61. The Morgan fingerprint density at radius 1 is 1.14 bits per heavy atom. The van der Waals surface area contributed by atoms with Gasteiger partial charge in [-0.3, -0.25) is 0 Å². The number of benzene rings is 1. The first-order valence-corrected chi connectivity index (χ1v) is 4.91. The molecular formula is C12H18O2. The van der Waals surface area contributed by atoms with Crippen molar-refractivity contribution in [2.45, 2.75) is 26.9 Å². The Kier molecular flexibility index (Phi) is 3.67. The molecule has 0 aliphatic heterocycles. The molecule has 2 nitrogen and oxygen atoms in total. The fourth-order valence-corrected chi connectivity index (χ4v) is 1.61. The fraction of sp³-hybridized carbons (Fsp3) is 0.500. The summed E-state index contributed by atoms with van der Waals surface area (Å²) in [5.41, 5.74) is 3.18. The Hall–Kier alpha value is -0.860. The number of hydrogen-bond donors (Lipinski definition) is 2. The van der Waals surface area contributed by atoms with E-state index in [1.54, 1.807) is 0 Å². The predicted molar refractivity (Wildman–Crippen MR) is 57.1 cm³/mol. The van der Waals surface area contributed by atoms with E-state index in [4.69, 9.17) is 5.11 Å². The lowest BCUT2D eigenvalue weighted by Crippen LogP contribution is -2.13. The summed E-state index contributed by atoms with van der Waals surface area (Å²) in [5, 5.41) is 18.8. The van der Waals surface area contributed by atoms with Crippen LogP contribution in [0.25, 0.3) is 0 Å². The van der Waals surface area contributed by atoms with Crippen LogP contribution in [0.1, 0.15) is 29.7 Å². The normalized spacial score (nSPS) is 15.2. The Bertz CT molecular complexity index is 287. The van der Waals surface area contributed by atoms with Gasteiger partial charge in [-0.05, 0) is 19.4 Å². The second kappa shape index (κ2) is 4.58. The number of aryl methyl sites for hydroxylation is 2. The lowest BCUT2D eigenvalue weighted by Gasteiger charge is -2.17. The summed E-state index contributed by atoms with van der Waals surface area (Å²) in [7, 11) is 0. The zero-order valence-corrected chi connectivity index (χ0v) is 8.99. The first-order valence-electron chi connectivity index (χ1n) is 4.91. The lowest BCUT2D eigenvalue weighted by molar-refractivity contribution is 0.0769. The largest absolute Gasteiger partial charge is 0.396 e. The molecule has 1 aromatic carbocycles. The van der Waals surface area contributed by atoms with Gasteiger partial charge in [-0.15, -0.1) is 0 Å². The minimum atomic E-state index is -0.571. The van der Waals surface area contributed by atoms with Gasteiger partial charge in [0, 0.05) is 12.5 Å². The molecule has 0 amide bonds. The summed E-state index contributed by atoms with van der Waals surface area (Å²) >= 11 is 0. The van der Waals surface area contributed by atoms with Gasteiger partial charge in [0.15, 0.2) is 0 Å². The maximum absolute atomic E-state index is 9.88. The van der Waals surface area contributed by atoms with E-state index in [9.17, 15) is 5.11 Å². The first-order chi connectivity index (χ1) is 6.54. The van der Waals surface area contributed by atoms with Crippen LogP contribution in [0.4, 0.5) is 0 Å². The predicted octanol–water partition coefficient (Wildman–Crippen LogP) is 1.97. The molecule has 2 unspecified atom stereocenters. The van der Waals surface area contributed by atoms with E-state index < -0.39 is 6.10 Å². The average Bonchev–Trinajstić information content (AvgIpc) is 2.14. The van der Waals surface area contributed by atoms with Crippen LogP contribution in [0, 0.1) is 19.8 Å². The van der Waals surface area contributed by atoms with Gasteiger partial charge in [-0.25, -0.2) is 0 Å². The highest BCUT2D eigenvalue weighted by Crippen LogP contribution is 2.23. The van der Waals surface area contributed by atoms with Crippen LogP contribution in [0.5, 0.6) is 0 Å². The Balaban J connectivity index is 2.94. The molecule has 2 atom stereocenters.